The van der Waals surface area contributed by atoms with Crippen molar-refractivity contribution in [3.05, 3.63) is 112 Å². The van der Waals surface area contributed by atoms with Crippen LogP contribution in [0.1, 0.15) is 23.6 Å². The van der Waals surface area contributed by atoms with Gasteiger partial charge in [0.15, 0.2) is 11.5 Å². The van der Waals surface area contributed by atoms with Crippen LogP contribution < -0.4 is 0 Å². The van der Waals surface area contributed by atoms with Crippen LogP contribution in [-0.2, 0) is 16.1 Å². The lowest BCUT2D eigenvalue weighted by Crippen LogP contribution is -2.32. The number of non-ortho nitro benzene ring substituents is 1. The first-order valence-corrected chi connectivity index (χ1v) is 10.7. The van der Waals surface area contributed by atoms with Gasteiger partial charge in [-0.1, -0.05) is 48.5 Å². The lowest BCUT2D eigenvalue weighted by molar-refractivity contribution is -0.384. The Bertz CT molecular complexity index is 1270. The number of rotatable bonds is 9. The molecule has 3 aromatic rings. The summed E-state index contributed by atoms with van der Waals surface area (Å²) in [4.78, 5) is 42.3. The molecule has 1 atom stereocenters. The largest absolute Gasteiger partial charge is 0.503 e. The van der Waals surface area contributed by atoms with E-state index in [-0.39, 0.29) is 17.8 Å². The van der Waals surface area contributed by atoms with Crippen LogP contribution in [-0.4, -0.2) is 42.7 Å². The van der Waals surface area contributed by atoms with E-state index in [1.165, 1.54) is 29.2 Å². The van der Waals surface area contributed by atoms with Gasteiger partial charge in [0.2, 0.25) is 0 Å². The maximum Gasteiger partial charge on any atom is 0.290 e. The topological polar surface area (TPSA) is 119 Å². The van der Waals surface area contributed by atoms with Gasteiger partial charge in [0.05, 0.1) is 22.9 Å². The van der Waals surface area contributed by atoms with Crippen LogP contribution in [0.25, 0.3) is 6.08 Å². The summed E-state index contributed by atoms with van der Waals surface area (Å²) in [5.41, 5.74) is 0.900. The van der Waals surface area contributed by atoms with E-state index in [4.69, 9.17) is 0 Å². The van der Waals surface area contributed by atoms with E-state index in [1.807, 2.05) is 34.9 Å². The fourth-order valence-corrected chi connectivity index (χ4v) is 3.96. The normalized spacial score (nSPS) is 15.9. The number of aliphatic hydroxyl groups is 1. The fraction of sp³-hybridized carbons (Fsp3) is 0.160. The first-order chi connectivity index (χ1) is 16.5. The maximum absolute atomic E-state index is 13.2. The highest BCUT2D eigenvalue weighted by Gasteiger charge is 2.42. The van der Waals surface area contributed by atoms with Crippen molar-refractivity contribution in [3.8, 4) is 0 Å². The van der Waals surface area contributed by atoms with Gasteiger partial charge in [0.25, 0.3) is 11.6 Å². The molecule has 34 heavy (non-hydrogen) atoms. The molecule has 0 saturated heterocycles. The van der Waals surface area contributed by atoms with Crippen molar-refractivity contribution in [1.82, 2.24) is 14.5 Å². The summed E-state index contributed by atoms with van der Waals surface area (Å²) < 4.78 is 1.85. The SMILES string of the molecule is O=C(/C=C/c1ccccc1)C1=C(O)C(=O)N(CCCn2ccnc2)C1c1cccc([N+](=O)[O-])c1. The summed E-state index contributed by atoms with van der Waals surface area (Å²) in [6, 6.07) is 14.0. The van der Waals surface area contributed by atoms with Gasteiger partial charge in [-0.15, -0.1) is 0 Å². The van der Waals surface area contributed by atoms with Gasteiger partial charge in [-0.25, -0.2) is 4.98 Å². The second-order valence-electron chi connectivity index (χ2n) is 7.78. The number of hydrogen-bond acceptors (Lipinski definition) is 6. The molecule has 9 heteroatoms. The number of imidazole rings is 1. The summed E-state index contributed by atoms with van der Waals surface area (Å²) in [5.74, 6) is -1.86. The van der Waals surface area contributed by atoms with Crippen molar-refractivity contribution >= 4 is 23.5 Å². The van der Waals surface area contributed by atoms with E-state index in [1.54, 1.807) is 30.9 Å². The number of amides is 1. The predicted molar refractivity (Wildman–Crippen MR) is 125 cm³/mol. The Labute approximate surface area is 195 Å². The van der Waals surface area contributed by atoms with Crippen molar-refractivity contribution in [2.75, 3.05) is 6.54 Å². The van der Waals surface area contributed by atoms with E-state index in [2.05, 4.69) is 4.98 Å². The Hall–Kier alpha value is -4.53. The third-order valence-electron chi connectivity index (χ3n) is 5.57. The van der Waals surface area contributed by atoms with E-state index in [0.29, 0.717) is 18.5 Å². The molecule has 4 rings (SSSR count). The lowest BCUT2D eigenvalue weighted by atomic mass is 9.95. The van der Waals surface area contributed by atoms with Crippen LogP contribution in [0, 0.1) is 10.1 Å². The second kappa shape index (κ2) is 9.95. The van der Waals surface area contributed by atoms with Crippen LogP contribution in [0.2, 0.25) is 0 Å². The minimum Gasteiger partial charge on any atom is -0.503 e. The third kappa shape index (κ3) is 4.78. The quantitative estimate of drug-likeness (QED) is 0.295. The van der Waals surface area contributed by atoms with Crippen LogP contribution in [0.15, 0.2) is 90.7 Å². The molecule has 1 aromatic heterocycles. The summed E-state index contributed by atoms with van der Waals surface area (Å²) in [6.07, 6.45) is 8.52. The number of nitro benzene ring substituents is 1. The van der Waals surface area contributed by atoms with E-state index in [0.717, 1.165) is 5.56 Å². The highest BCUT2D eigenvalue weighted by molar-refractivity contribution is 6.14. The molecule has 9 nitrogen and oxygen atoms in total. The summed E-state index contributed by atoms with van der Waals surface area (Å²) in [7, 11) is 0. The molecule has 1 amide bonds. The fourth-order valence-electron chi connectivity index (χ4n) is 3.96. The Kier molecular flexibility index (Phi) is 6.63. The average Bonchev–Trinajstić information content (AvgIpc) is 3.45. The molecule has 1 aliphatic heterocycles. The van der Waals surface area contributed by atoms with Crippen molar-refractivity contribution in [2.45, 2.75) is 19.0 Å². The number of aryl methyl sites for hydroxylation is 1. The smallest absolute Gasteiger partial charge is 0.290 e. The van der Waals surface area contributed by atoms with Crippen LogP contribution in [0.4, 0.5) is 5.69 Å². The molecule has 2 heterocycles. The van der Waals surface area contributed by atoms with Crippen molar-refractivity contribution in [2.24, 2.45) is 0 Å². The number of benzene rings is 2. The zero-order chi connectivity index (χ0) is 24.1. The number of carbonyl (C=O) groups excluding carboxylic acids is 2. The Morgan fingerprint density at radius 2 is 1.94 bits per heavy atom. The molecule has 1 aliphatic rings. The highest BCUT2D eigenvalue weighted by Crippen LogP contribution is 2.39. The maximum atomic E-state index is 13.2. The van der Waals surface area contributed by atoms with Gasteiger partial charge in [-0.2, -0.15) is 0 Å². The minimum absolute atomic E-state index is 0.0969. The highest BCUT2D eigenvalue weighted by atomic mass is 16.6. The summed E-state index contributed by atoms with van der Waals surface area (Å²) >= 11 is 0. The average molecular weight is 458 g/mol. The van der Waals surface area contributed by atoms with Crippen LogP contribution in [0.3, 0.4) is 0 Å². The molecule has 0 saturated carbocycles. The summed E-state index contributed by atoms with van der Waals surface area (Å²) in [5, 5.41) is 22.0. The van der Waals surface area contributed by atoms with E-state index in [9.17, 15) is 24.8 Å². The number of nitrogens with zero attached hydrogens (tertiary/aromatic N) is 4. The number of nitro groups is 1. The zero-order valence-corrected chi connectivity index (χ0v) is 18.2. The monoisotopic (exact) mass is 458 g/mol. The van der Waals surface area contributed by atoms with Crippen molar-refractivity contribution in [1.29, 1.82) is 0 Å². The molecular formula is C25H22N4O5. The molecule has 0 fully saturated rings. The number of allylic oxidation sites excluding steroid dienone is 1. The Morgan fingerprint density at radius 1 is 1.15 bits per heavy atom. The number of aromatic nitrogens is 2. The molecule has 0 spiro atoms. The van der Waals surface area contributed by atoms with Gasteiger partial charge in [-0.05, 0) is 23.6 Å². The van der Waals surface area contributed by atoms with Crippen LogP contribution in [0.5, 0.6) is 0 Å². The summed E-state index contributed by atoms with van der Waals surface area (Å²) in [6.45, 7) is 0.803. The predicted octanol–water partition coefficient (Wildman–Crippen LogP) is 3.86. The molecule has 2 aromatic carbocycles. The molecule has 1 N–H and O–H groups in total. The molecule has 1 unspecified atom stereocenters. The zero-order valence-electron chi connectivity index (χ0n) is 18.2. The van der Waals surface area contributed by atoms with Gasteiger partial charge in [0, 0.05) is 37.6 Å². The Balaban J connectivity index is 1.66. The number of aliphatic hydroxyl groups excluding tert-OH is 1. The second-order valence-corrected chi connectivity index (χ2v) is 7.78. The third-order valence-corrected chi connectivity index (χ3v) is 5.57. The molecule has 172 valence electrons. The standard InChI is InChI=1S/C25H22N4O5/c30-21(11-10-18-6-2-1-3-7-18)22-23(19-8-4-9-20(16-19)29(33)34)28(25(32)24(22)31)14-5-13-27-15-12-26-17-27/h1-4,6-12,15-17,23,31H,5,13-14H2/b11-10+. The Morgan fingerprint density at radius 3 is 2.65 bits per heavy atom. The molecule has 0 aliphatic carbocycles. The van der Waals surface area contributed by atoms with Gasteiger partial charge in [-0.3, -0.25) is 19.7 Å². The van der Waals surface area contributed by atoms with Crippen molar-refractivity contribution in [3.63, 3.8) is 0 Å². The number of hydrogen-bond donors (Lipinski definition) is 1. The molecule has 0 bridgehead atoms. The van der Waals surface area contributed by atoms with Gasteiger partial charge >= 0.3 is 0 Å². The first-order valence-electron chi connectivity index (χ1n) is 10.7. The van der Waals surface area contributed by atoms with Crippen LogP contribution >= 0.6 is 0 Å². The van der Waals surface area contributed by atoms with Crippen molar-refractivity contribution < 1.29 is 19.6 Å². The lowest BCUT2D eigenvalue weighted by Gasteiger charge is -2.26. The minimum atomic E-state index is -0.942. The van der Waals surface area contributed by atoms with E-state index < -0.39 is 28.4 Å². The molecule has 0 radical (unpaired) electrons. The molecular weight excluding hydrogens is 436 g/mol. The number of carbonyl (C=O) groups is 2. The van der Waals surface area contributed by atoms with E-state index >= 15 is 0 Å². The van der Waals surface area contributed by atoms with Gasteiger partial charge in [0.1, 0.15) is 0 Å². The number of ketones is 1. The van der Waals surface area contributed by atoms with Gasteiger partial charge < -0.3 is 14.6 Å². The first kappa shape index (κ1) is 22.7.